The topological polar surface area (TPSA) is 46.2 Å². The van der Waals surface area contributed by atoms with Gasteiger partial charge in [0.25, 0.3) is 0 Å². The van der Waals surface area contributed by atoms with Crippen LogP contribution in [0.25, 0.3) is 0 Å². The summed E-state index contributed by atoms with van der Waals surface area (Å²) in [6.45, 7) is 6.44. The van der Waals surface area contributed by atoms with Gasteiger partial charge in [0.05, 0.1) is 0 Å². The second kappa shape index (κ2) is 4.29. The Morgan fingerprint density at radius 1 is 1.43 bits per heavy atom. The molecule has 0 aliphatic rings. The second-order valence-corrected chi connectivity index (χ2v) is 3.91. The van der Waals surface area contributed by atoms with E-state index in [1.54, 1.807) is 12.1 Å². The fourth-order valence-corrected chi connectivity index (χ4v) is 1.31. The molecule has 0 amide bonds. The van der Waals surface area contributed by atoms with E-state index in [4.69, 9.17) is 10.8 Å². The van der Waals surface area contributed by atoms with Gasteiger partial charge in [-0.1, -0.05) is 25.1 Å². The Hall–Kier alpha value is -1.28. The number of hydrogen-bond donors (Lipinski definition) is 2. The Morgan fingerprint density at radius 3 is 2.43 bits per heavy atom. The predicted octanol–water partition coefficient (Wildman–Crippen LogP) is 2.09. The highest BCUT2D eigenvalue weighted by Crippen LogP contribution is 2.23. The van der Waals surface area contributed by atoms with Gasteiger partial charge in [0, 0.05) is 12.0 Å². The van der Waals surface area contributed by atoms with Crippen LogP contribution in [0.4, 0.5) is 0 Å². The zero-order valence-electron chi connectivity index (χ0n) is 8.53. The molecular weight excluding hydrogens is 174 g/mol. The Labute approximate surface area is 85.1 Å². The van der Waals surface area contributed by atoms with Crippen molar-refractivity contribution < 1.29 is 5.11 Å². The fraction of sp³-hybridized carbons (Fsp3) is 0.333. The third-order valence-corrected chi connectivity index (χ3v) is 2.50. The average molecular weight is 191 g/mol. The molecule has 76 valence electrons. The Morgan fingerprint density at radius 2 is 2.00 bits per heavy atom. The zero-order chi connectivity index (χ0) is 10.6. The summed E-state index contributed by atoms with van der Waals surface area (Å²) in [5.74, 6) is 0.293. The van der Waals surface area contributed by atoms with E-state index in [1.165, 1.54) is 0 Å². The van der Waals surface area contributed by atoms with Gasteiger partial charge in [0.1, 0.15) is 5.75 Å². The van der Waals surface area contributed by atoms with E-state index in [-0.39, 0.29) is 5.41 Å². The average Bonchev–Trinajstić information content (AvgIpc) is 2.21. The summed E-state index contributed by atoms with van der Waals surface area (Å²) in [5, 5.41) is 9.12. The van der Waals surface area contributed by atoms with Gasteiger partial charge in [-0.2, -0.15) is 0 Å². The first-order valence-corrected chi connectivity index (χ1v) is 4.71. The van der Waals surface area contributed by atoms with Crippen LogP contribution in [0.1, 0.15) is 12.5 Å². The fourth-order valence-electron chi connectivity index (χ4n) is 1.31. The van der Waals surface area contributed by atoms with E-state index in [1.807, 2.05) is 18.2 Å². The smallest absolute Gasteiger partial charge is 0.115 e. The zero-order valence-corrected chi connectivity index (χ0v) is 8.53. The van der Waals surface area contributed by atoms with E-state index in [0.717, 1.165) is 12.0 Å². The van der Waals surface area contributed by atoms with Crippen molar-refractivity contribution in [2.24, 2.45) is 11.1 Å². The maximum Gasteiger partial charge on any atom is 0.115 e. The molecular formula is C12H17NO. The van der Waals surface area contributed by atoms with Crippen molar-refractivity contribution in [3.8, 4) is 5.75 Å². The minimum atomic E-state index is -0.0586. The Kier molecular flexibility index (Phi) is 3.31. The number of hydrogen-bond acceptors (Lipinski definition) is 2. The van der Waals surface area contributed by atoms with Crippen LogP contribution in [0.15, 0.2) is 36.9 Å². The maximum atomic E-state index is 9.12. The van der Waals surface area contributed by atoms with Crippen LogP contribution < -0.4 is 5.73 Å². The molecule has 2 heteroatoms. The Bertz CT molecular complexity index is 305. The van der Waals surface area contributed by atoms with Crippen LogP contribution in [-0.2, 0) is 6.42 Å². The summed E-state index contributed by atoms with van der Waals surface area (Å²) in [6.07, 6.45) is 2.74. The molecule has 1 atom stereocenters. The summed E-state index contributed by atoms with van der Waals surface area (Å²) < 4.78 is 0. The SMILES string of the molecule is C=CC(C)(CN)Cc1ccc(O)cc1. The highest BCUT2D eigenvalue weighted by molar-refractivity contribution is 5.27. The van der Waals surface area contributed by atoms with Gasteiger partial charge in [0.2, 0.25) is 0 Å². The van der Waals surface area contributed by atoms with Crippen molar-refractivity contribution in [3.63, 3.8) is 0 Å². The van der Waals surface area contributed by atoms with E-state index >= 15 is 0 Å². The molecule has 0 aliphatic carbocycles. The van der Waals surface area contributed by atoms with Crippen molar-refractivity contribution in [1.82, 2.24) is 0 Å². The molecule has 14 heavy (non-hydrogen) atoms. The van der Waals surface area contributed by atoms with E-state index in [2.05, 4.69) is 13.5 Å². The molecule has 0 bridgehead atoms. The van der Waals surface area contributed by atoms with Gasteiger partial charge in [0.15, 0.2) is 0 Å². The molecule has 0 fully saturated rings. The molecule has 1 aromatic rings. The highest BCUT2D eigenvalue weighted by atomic mass is 16.3. The standard InChI is InChI=1S/C12H17NO/c1-3-12(2,9-13)8-10-4-6-11(14)7-5-10/h3-7,14H,1,8-9,13H2,2H3. The number of phenols is 1. The lowest BCUT2D eigenvalue weighted by atomic mass is 9.84. The van der Waals surface area contributed by atoms with Crippen LogP contribution in [0.3, 0.4) is 0 Å². The van der Waals surface area contributed by atoms with Crippen molar-refractivity contribution in [3.05, 3.63) is 42.5 Å². The lowest BCUT2D eigenvalue weighted by molar-refractivity contribution is 0.437. The van der Waals surface area contributed by atoms with Crippen molar-refractivity contribution in [2.45, 2.75) is 13.3 Å². The van der Waals surface area contributed by atoms with Gasteiger partial charge >= 0.3 is 0 Å². The molecule has 2 nitrogen and oxygen atoms in total. The molecule has 0 heterocycles. The molecule has 0 spiro atoms. The first-order valence-electron chi connectivity index (χ1n) is 4.71. The molecule has 0 aromatic heterocycles. The number of phenolic OH excluding ortho intramolecular Hbond substituents is 1. The van der Waals surface area contributed by atoms with E-state index in [9.17, 15) is 0 Å². The maximum absolute atomic E-state index is 9.12. The highest BCUT2D eigenvalue weighted by Gasteiger charge is 2.18. The number of aromatic hydroxyl groups is 1. The summed E-state index contributed by atoms with van der Waals surface area (Å²) in [4.78, 5) is 0. The molecule has 1 rings (SSSR count). The lowest BCUT2D eigenvalue weighted by Gasteiger charge is -2.23. The number of rotatable bonds is 4. The monoisotopic (exact) mass is 191 g/mol. The number of nitrogens with two attached hydrogens (primary N) is 1. The quantitative estimate of drug-likeness (QED) is 0.716. The van der Waals surface area contributed by atoms with Crippen LogP contribution in [0.5, 0.6) is 5.75 Å². The molecule has 1 aromatic carbocycles. The molecule has 0 aliphatic heterocycles. The van der Waals surface area contributed by atoms with Crippen molar-refractivity contribution in [2.75, 3.05) is 6.54 Å². The third-order valence-electron chi connectivity index (χ3n) is 2.50. The first-order chi connectivity index (χ1) is 6.59. The molecule has 3 N–H and O–H groups in total. The summed E-state index contributed by atoms with van der Waals surface area (Å²) in [7, 11) is 0. The molecule has 0 saturated carbocycles. The van der Waals surface area contributed by atoms with Gasteiger partial charge in [-0.15, -0.1) is 6.58 Å². The van der Waals surface area contributed by atoms with E-state index in [0.29, 0.717) is 12.3 Å². The Balaban J connectivity index is 2.77. The van der Waals surface area contributed by atoms with Gasteiger partial charge < -0.3 is 10.8 Å². The van der Waals surface area contributed by atoms with Gasteiger partial charge in [-0.3, -0.25) is 0 Å². The van der Waals surface area contributed by atoms with E-state index < -0.39 is 0 Å². The second-order valence-electron chi connectivity index (χ2n) is 3.91. The third kappa shape index (κ3) is 2.60. The molecule has 0 saturated heterocycles. The minimum absolute atomic E-state index is 0.0586. The summed E-state index contributed by atoms with van der Waals surface area (Å²) >= 11 is 0. The molecule has 1 unspecified atom stereocenters. The van der Waals surface area contributed by atoms with Crippen molar-refractivity contribution >= 4 is 0 Å². The minimum Gasteiger partial charge on any atom is -0.508 e. The summed E-state index contributed by atoms with van der Waals surface area (Å²) in [6, 6.07) is 7.20. The predicted molar refractivity (Wildman–Crippen MR) is 59.2 cm³/mol. The normalized spacial score (nSPS) is 14.7. The van der Waals surface area contributed by atoms with Gasteiger partial charge in [-0.25, -0.2) is 0 Å². The summed E-state index contributed by atoms with van der Waals surface area (Å²) in [5.41, 5.74) is 6.78. The van der Waals surface area contributed by atoms with Crippen molar-refractivity contribution in [1.29, 1.82) is 0 Å². The van der Waals surface area contributed by atoms with Crippen LogP contribution in [-0.4, -0.2) is 11.7 Å². The lowest BCUT2D eigenvalue weighted by Crippen LogP contribution is -2.27. The number of benzene rings is 1. The first kappa shape index (κ1) is 10.8. The molecule has 0 radical (unpaired) electrons. The van der Waals surface area contributed by atoms with Crippen LogP contribution in [0, 0.1) is 5.41 Å². The van der Waals surface area contributed by atoms with Crippen LogP contribution in [0.2, 0.25) is 0 Å². The van der Waals surface area contributed by atoms with Crippen LogP contribution >= 0.6 is 0 Å². The van der Waals surface area contributed by atoms with Gasteiger partial charge in [-0.05, 0) is 24.1 Å². The largest absolute Gasteiger partial charge is 0.508 e.